The molecule has 3 heterocycles. The zero-order valence-corrected chi connectivity index (χ0v) is 20.2. The van der Waals surface area contributed by atoms with Crippen molar-refractivity contribution in [2.75, 3.05) is 26.2 Å². The Bertz CT molecular complexity index is 1380. The van der Waals surface area contributed by atoms with Gasteiger partial charge in [0.05, 0.1) is 6.54 Å². The number of aryl methyl sites for hydroxylation is 3. The molecule has 0 amide bonds. The van der Waals surface area contributed by atoms with E-state index in [-0.39, 0.29) is 5.56 Å². The Kier molecular flexibility index (Phi) is 6.92. The largest absolute Gasteiger partial charge is 0.329 e. The highest BCUT2D eigenvalue weighted by molar-refractivity contribution is 5.70. The smallest absolute Gasteiger partial charge is 0.321 e. The van der Waals surface area contributed by atoms with E-state index in [1.54, 1.807) is 7.05 Å². The highest BCUT2D eigenvalue weighted by Gasteiger charge is 2.22. The Labute approximate surface area is 204 Å². The summed E-state index contributed by atoms with van der Waals surface area (Å²) in [6.07, 6.45) is 1.80. The van der Waals surface area contributed by atoms with E-state index in [0.717, 1.165) is 51.4 Å². The average molecular weight is 473 g/mol. The molecule has 1 fully saturated rings. The van der Waals surface area contributed by atoms with Crippen LogP contribution in [0.4, 0.5) is 0 Å². The van der Waals surface area contributed by atoms with Gasteiger partial charge in [0, 0.05) is 46.3 Å². The monoisotopic (exact) mass is 472 g/mol. The van der Waals surface area contributed by atoms with Crippen LogP contribution in [0, 0.1) is 0 Å². The van der Waals surface area contributed by atoms with E-state index in [1.807, 2.05) is 28.8 Å². The van der Waals surface area contributed by atoms with Gasteiger partial charge in [-0.3, -0.25) is 24.1 Å². The number of nitrogens with zero attached hydrogens (tertiary/aromatic N) is 5. The van der Waals surface area contributed by atoms with E-state index >= 15 is 0 Å². The highest BCUT2D eigenvalue weighted by Crippen LogP contribution is 2.17. The van der Waals surface area contributed by atoms with E-state index in [9.17, 15) is 9.59 Å². The molecule has 0 saturated carbocycles. The zero-order chi connectivity index (χ0) is 24.2. The van der Waals surface area contributed by atoms with Gasteiger partial charge in [0.2, 0.25) is 0 Å². The topological polar surface area (TPSA) is 79.2 Å². The summed E-state index contributed by atoms with van der Waals surface area (Å²) < 4.78 is 3.46. The molecule has 1 aliphatic heterocycles. The van der Waals surface area contributed by atoms with Crippen LogP contribution in [0.1, 0.15) is 23.4 Å². The van der Waals surface area contributed by atoms with Crippen molar-refractivity contribution in [3.8, 4) is 0 Å². The molecule has 0 radical (unpaired) electrons. The fourth-order valence-corrected chi connectivity index (χ4v) is 4.87. The van der Waals surface area contributed by atoms with Crippen LogP contribution < -0.4 is 11.2 Å². The molecule has 1 aliphatic rings. The van der Waals surface area contributed by atoms with Crippen LogP contribution in [0.5, 0.6) is 0 Å². The number of fused-ring (bicyclic) bond motifs is 1. The Morgan fingerprint density at radius 3 is 2.09 bits per heavy atom. The van der Waals surface area contributed by atoms with E-state index in [4.69, 9.17) is 4.98 Å². The first-order chi connectivity index (χ1) is 17.1. The number of hydrogen-bond acceptors (Lipinski definition) is 5. The second-order valence-electron chi connectivity index (χ2n) is 9.30. The fourth-order valence-electron chi connectivity index (χ4n) is 4.87. The Morgan fingerprint density at radius 1 is 0.829 bits per heavy atom. The molecular formula is C27H32N6O2. The summed E-state index contributed by atoms with van der Waals surface area (Å²) in [7, 11) is 1.66. The molecule has 8 nitrogen and oxygen atoms in total. The van der Waals surface area contributed by atoms with Crippen molar-refractivity contribution in [1.82, 2.24) is 28.9 Å². The molecule has 35 heavy (non-hydrogen) atoms. The lowest BCUT2D eigenvalue weighted by atomic mass is 10.1. The lowest BCUT2D eigenvalue weighted by molar-refractivity contribution is 0.119. The van der Waals surface area contributed by atoms with E-state index in [2.05, 4.69) is 51.2 Å². The van der Waals surface area contributed by atoms with Crippen LogP contribution >= 0.6 is 0 Å². The predicted octanol–water partition coefficient (Wildman–Crippen LogP) is 2.37. The molecule has 182 valence electrons. The first-order valence-corrected chi connectivity index (χ1v) is 12.3. The maximum Gasteiger partial charge on any atom is 0.329 e. The van der Waals surface area contributed by atoms with Crippen molar-refractivity contribution in [3.63, 3.8) is 0 Å². The molecule has 1 N–H and O–H groups in total. The molecule has 2 aromatic carbocycles. The van der Waals surface area contributed by atoms with Gasteiger partial charge < -0.3 is 4.57 Å². The Hall–Kier alpha value is -3.49. The Balaban J connectivity index is 1.32. The summed E-state index contributed by atoms with van der Waals surface area (Å²) in [5, 5.41) is 0. The minimum absolute atomic E-state index is 0.366. The van der Waals surface area contributed by atoms with Crippen molar-refractivity contribution in [1.29, 1.82) is 0 Å². The number of aromatic amines is 1. The summed E-state index contributed by atoms with van der Waals surface area (Å²) in [5.74, 6) is 0.844. The third-order valence-electron chi connectivity index (χ3n) is 6.86. The van der Waals surface area contributed by atoms with Crippen LogP contribution in [0.15, 0.2) is 70.3 Å². The lowest BCUT2D eigenvalue weighted by Gasteiger charge is -2.34. The molecule has 2 aromatic heterocycles. The summed E-state index contributed by atoms with van der Waals surface area (Å²) >= 11 is 0. The van der Waals surface area contributed by atoms with Gasteiger partial charge >= 0.3 is 5.69 Å². The van der Waals surface area contributed by atoms with Gasteiger partial charge in [0.15, 0.2) is 11.2 Å². The first kappa shape index (κ1) is 23.3. The number of nitrogens with one attached hydrogen (secondary N) is 1. The summed E-state index contributed by atoms with van der Waals surface area (Å²) in [4.78, 5) is 37.1. The number of rotatable bonds is 8. The third kappa shape index (κ3) is 5.28. The Morgan fingerprint density at radius 2 is 1.43 bits per heavy atom. The zero-order valence-electron chi connectivity index (χ0n) is 20.2. The van der Waals surface area contributed by atoms with Gasteiger partial charge in [-0.2, -0.15) is 0 Å². The van der Waals surface area contributed by atoms with Gasteiger partial charge in [0.25, 0.3) is 5.56 Å². The molecule has 4 aromatic rings. The van der Waals surface area contributed by atoms with Crippen LogP contribution in [0.25, 0.3) is 11.2 Å². The molecular weight excluding hydrogens is 440 g/mol. The van der Waals surface area contributed by atoms with Crippen molar-refractivity contribution >= 4 is 11.2 Å². The lowest BCUT2D eigenvalue weighted by Crippen LogP contribution is -2.45. The number of aromatic nitrogens is 4. The van der Waals surface area contributed by atoms with E-state index in [1.165, 1.54) is 15.7 Å². The van der Waals surface area contributed by atoms with Crippen molar-refractivity contribution in [2.45, 2.75) is 32.5 Å². The van der Waals surface area contributed by atoms with Crippen LogP contribution in [0.2, 0.25) is 0 Å². The van der Waals surface area contributed by atoms with Crippen molar-refractivity contribution < 1.29 is 0 Å². The molecule has 5 rings (SSSR count). The SMILES string of the molecule is Cn1c(=O)[nH]c(=O)c2c1nc(CN1CCN(Cc3ccccc3)CC1)n2CCCc1ccccc1. The summed E-state index contributed by atoms with van der Waals surface area (Å²) in [6, 6.07) is 20.9. The highest BCUT2D eigenvalue weighted by atomic mass is 16.2. The molecule has 1 saturated heterocycles. The second kappa shape index (κ2) is 10.4. The van der Waals surface area contributed by atoms with E-state index < -0.39 is 5.69 Å². The molecule has 0 spiro atoms. The second-order valence-corrected chi connectivity index (χ2v) is 9.30. The molecule has 0 atom stereocenters. The van der Waals surface area contributed by atoms with Gasteiger partial charge in [-0.15, -0.1) is 0 Å². The summed E-state index contributed by atoms with van der Waals surface area (Å²) in [5.41, 5.74) is 2.75. The number of benzene rings is 2. The van der Waals surface area contributed by atoms with Crippen LogP contribution in [-0.4, -0.2) is 55.1 Å². The van der Waals surface area contributed by atoms with Crippen molar-refractivity contribution in [2.24, 2.45) is 7.05 Å². The molecule has 8 heteroatoms. The number of imidazole rings is 1. The quantitative estimate of drug-likeness (QED) is 0.426. The fraction of sp³-hybridized carbons (Fsp3) is 0.370. The third-order valence-corrected chi connectivity index (χ3v) is 6.86. The molecule has 0 unspecified atom stereocenters. The van der Waals surface area contributed by atoms with Crippen molar-refractivity contribution in [3.05, 3.63) is 98.5 Å². The predicted molar refractivity (Wildman–Crippen MR) is 137 cm³/mol. The first-order valence-electron chi connectivity index (χ1n) is 12.3. The van der Waals surface area contributed by atoms with Crippen LogP contribution in [0.3, 0.4) is 0 Å². The van der Waals surface area contributed by atoms with Gasteiger partial charge in [-0.25, -0.2) is 9.78 Å². The number of H-pyrrole nitrogens is 1. The number of piperazine rings is 1. The maximum atomic E-state index is 12.8. The van der Waals surface area contributed by atoms with E-state index in [0.29, 0.717) is 24.3 Å². The number of hydrogen-bond donors (Lipinski definition) is 1. The van der Waals surface area contributed by atoms with Gasteiger partial charge in [-0.05, 0) is 24.0 Å². The normalized spacial score (nSPS) is 15.1. The minimum Gasteiger partial charge on any atom is -0.321 e. The minimum atomic E-state index is -0.433. The standard InChI is InChI=1S/C27H32N6O2/c1-30-25-24(26(34)29-27(30)35)33(14-8-13-21-9-4-2-5-10-21)23(28-25)20-32-17-15-31(16-18-32)19-22-11-6-3-7-12-22/h2-7,9-12H,8,13-20H2,1H3,(H,29,34,35). The van der Waals surface area contributed by atoms with Gasteiger partial charge in [-0.1, -0.05) is 60.7 Å². The van der Waals surface area contributed by atoms with Crippen LogP contribution in [-0.2, 0) is 33.1 Å². The summed E-state index contributed by atoms with van der Waals surface area (Å²) in [6.45, 7) is 6.15. The average Bonchev–Trinajstić information content (AvgIpc) is 3.24. The molecule has 0 aliphatic carbocycles. The molecule has 0 bridgehead atoms. The van der Waals surface area contributed by atoms with Gasteiger partial charge in [0.1, 0.15) is 5.82 Å². The maximum absolute atomic E-state index is 12.8.